The van der Waals surface area contributed by atoms with Crippen LogP contribution in [-0.4, -0.2) is 25.2 Å². The fourth-order valence-electron chi connectivity index (χ4n) is 2.36. The first-order valence-corrected chi connectivity index (χ1v) is 7.04. The molecule has 0 radical (unpaired) electrons. The summed E-state index contributed by atoms with van der Waals surface area (Å²) in [7, 11) is 0. The lowest BCUT2D eigenvalue weighted by molar-refractivity contribution is 0.409. The summed E-state index contributed by atoms with van der Waals surface area (Å²) in [5.74, 6) is 0. The Hall–Kier alpha value is -1.05. The van der Waals surface area contributed by atoms with Crippen molar-refractivity contribution in [3.63, 3.8) is 0 Å². The van der Waals surface area contributed by atoms with Crippen molar-refractivity contribution >= 4 is 21.6 Å². The molecule has 3 nitrogen and oxygen atoms in total. The van der Waals surface area contributed by atoms with Crippen molar-refractivity contribution in [1.29, 1.82) is 5.26 Å². The van der Waals surface area contributed by atoms with Crippen LogP contribution in [0.5, 0.6) is 0 Å². The largest absolute Gasteiger partial charge is 0.365 e. The van der Waals surface area contributed by atoms with Crippen LogP contribution in [0.15, 0.2) is 22.7 Å². The molecule has 4 heteroatoms. The van der Waals surface area contributed by atoms with Crippen LogP contribution < -0.4 is 10.2 Å². The lowest BCUT2D eigenvalue weighted by Gasteiger charge is -2.40. The fourth-order valence-corrected chi connectivity index (χ4v) is 3.08. The molecule has 1 aromatic rings. The minimum absolute atomic E-state index is 0.263. The Bertz CT molecular complexity index is 467. The molecular weight excluding hydrogens is 290 g/mol. The second-order valence-corrected chi connectivity index (χ2v) is 5.78. The third-order valence-corrected chi connectivity index (χ3v) is 4.04. The van der Waals surface area contributed by atoms with Crippen molar-refractivity contribution in [2.24, 2.45) is 0 Å². The predicted molar refractivity (Wildman–Crippen MR) is 77.7 cm³/mol. The van der Waals surface area contributed by atoms with E-state index in [2.05, 4.69) is 64.3 Å². The van der Waals surface area contributed by atoms with E-state index in [1.54, 1.807) is 0 Å². The Kier molecular flexibility index (Phi) is 4.26. The number of piperazine rings is 1. The van der Waals surface area contributed by atoms with E-state index in [4.69, 9.17) is 5.26 Å². The van der Waals surface area contributed by atoms with Gasteiger partial charge in [-0.15, -0.1) is 0 Å². The number of aryl methyl sites for hydroxylation is 1. The minimum atomic E-state index is 0.263. The van der Waals surface area contributed by atoms with Gasteiger partial charge >= 0.3 is 0 Å². The van der Waals surface area contributed by atoms with Crippen molar-refractivity contribution in [2.45, 2.75) is 32.4 Å². The highest BCUT2D eigenvalue weighted by molar-refractivity contribution is 9.10. The van der Waals surface area contributed by atoms with Gasteiger partial charge in [0.15, 0.2) is 0 Å². The number of rotatable bonds is 2. The summed E-state index contributed by atoms with van der Waals surface area (Å²) in [4.78, 5) is 2.38. The molecular formula is C14H18BrN3. The lowest BCUT2D eigenvalue weighted by atomic mass is 10.1. The van der Waals surface area contributed by atoms with E-state index in [1.165, 1.54) is 11.3 Å². The molecule has 1 N–H and O–H groups in total. The average molecular weight is 308 g/mol. The van der Waals surface area contributed by atoms with Gasteiger partial charge in [-0.1, -0.05) is 6.07 Å². The molecule has 1 aromatic carbocycles. The molecule has 0 amide bonds. The predicted octanol–water partition coefficient (Wildman–Crippen LogP) is 2.84. The molecule has 1 saturated heterocycles. The number of hydrogen-bond donors (Lipinski definition) is 1. The molecule has 1 heterocycles. The van der Waals surface area contributed by atoms with Crippen molar-refractivity contribution in [3.8, 4) is 6.07 Å². The first kappa shape index (κ1) is 13.4. The zero-order chi connectivity index (χ0) is 13.1. The number of anilines is 1. The molecule has 0 aliphatic carbocycles. The molecule has 96 valence electrons. The highest BCUT2D eigenvalue weighted by Crippen LogP contribution is 2.30. The van der Waals surface area contributed by atoms with Gasteiger partial charge in [0.1, 0.15) is 0 Å². The number of nitrogens with one attached hydrogen (secondary N) is 1. The first-order valence-electron chi connectivity index (χ1n) is 6.25. The molecule has 1 aliphatic rings. The summed E-state index contributed by atoms with van der Waals surface area (Å²) in [6.45, 7) is 6.11. The summed E-state index contributed by atoms with van der Waals surface area (Å²) < 4.78 is 1.13. The molecule has 1 aliphatic heterocycles. The summed E-state index contributed by atoms with van der Waals surface area (Å²) in [5.41, 5.74) is 2.47. The topological polar surface area (TPSA) is 39.1 Å². The number of nitriles is 1. The third kappa shape index (κ3) is 2.85. The van der Waals surface area contributed by atoms with E-state index >= 15 is 0 Å². The SMILES string of the molecule is Cc1ccc(N2CC(CC#N)NCC2C)c(Br)c1. The third-order valence-electron chi connectivity index (χ3n) is 3.40. The van der Waals surface area contributed by atoms with Gasteiger partial charge in [-0.2, -0.15) is 5.26 Å². The normalized spacial score (nSPS) is 23.8. The van der Waals surface area contributed by atoms with Gasteiger partial charge in [0, 0.05) is 29.6 Å². The second-order valence-electron chi connectivity index (χ2n) is 4.92. The Morgan fingerprint density at radius 1 is 1.56 bits per heavy atom. The molecule has 0 spiro atoms. The van der Waals surface area contributed by atoms with Gasteiger partial charge in [0.05, 0.1) is 18.2 Å². The monoisotopic (exact) mass is 307 g/mol. The average Bonchev–Trinajstić information content (AvgIpc) is 2.33. The zero-order valence-corrected chi connectivity index (χ0v) is 12.4. The maximum atomic E-state index is 8.81. The Labute approximate surface area is 117 Å². The summed E-state index contributed by atoms with van der Waals surface area (Å²) in [6.07, 6.45) is 0.562. The summed E-state index contributed by atoms with van der Waals surface area (Å²) in [6, 6.07) is 9.39. The summed E-state index contributed by atoms with van der Waals surface area (Å²) in [5, 5.41) is 12.2. The zero-order valence-electron chi connectivity index (χ0n) is 10.8. The van der Waals surface area contributed by atoms with Crippen molar-refractivity contribution in [3.05, 3.63) is 28.2 Å². The van der Waals surface area contributed by atoms with Crippen LogP contribution in [0.3, 0.4) is 0 Å². The van der Waals surface area contributed by atoms with E-state index < -0.39 is 0 Å². The van der Waals surface area contributed by atoms with Gasteiger partial charge in [-0.25, -0.2) is 0 Å². The first-order chi connectivity index (χ1) is 8.61. The van der Waals surface area contributed by atoms with E-state index in [-0.39, 0.29) is 6.04 Å². The van der Waals surface area contributed by atoms with Crippen molar-refractivity contribution < 1.29 is 0 Å². The van der Waals surface area contributed by atoms with Crippen LogP contribution in [0, 0.1) is 18.3 Å². The maximum Gasteiger partial charge on any atom is 0.0638 e. The molecule has 0 bridgehead atoms. The van der Waals surface area contributed by atoms with E-state index in [9.17, 15) is 0 Å². The smallest absolute Gasteiger partial charge is 0.0638 e. The maximum absolute atomic E-state index is 8.81. The fraction of sp³-hybridized carbons (Fsp3) is 0.500. The molecule has 18 heavy (non-hydrogen) atoms. The van der Waals surface area contributed by atoms with E-state index in [1.807, 2.05) is 0 Å². The molecule has 0 aromatic heterocycles. The standard InChI is InChI=1S/C14H18BrN3/c1-10-3-4-14(13(15)7-10)18-9-12(5-6-16)17-8-11(18)2/h3-4,7,11-12,17H,5,8-9H2,1-2H3. The van der Waals surface area contributed by atoms with E-state index in [0.717, 1.165) is 17.6 Å². The second kappa shape index (κ2) is 5.73. The highest BCUT2D eigenvalue weighted by Gasteiger charge is 2.25. The molecule has 2 rings (SSSR count). The van der Waals surface area contributed by atoms with Gasteiger partial charge in [-0.05, 0) is 47.5 Å². The molecule has 0 saturated carbocycles. The molecule has 2 unspecified atom stereocenters. The van der Waals surface area contributed by atoms with Crippen molar-refractivity contribution in [1.82, 2.24) is 5.32 Å². The quantitative estimate of drug-likeness (QED) is 0.913. The molecule has 1 fully saturated rings. The van der Waals surface area contributed by atoms with Gasteiger partial charge in [0.2, 0.25) is 0 Å². The highest BCUT2D eigenvalue weighted by atomic mass is 79.9. The Morgan fingerprint density at radius 3 is 3.00 bits per heavy atom. The summed E-state index contributed by atoms with van der Waals surface area (Å²) >= 11 is 3.64. The van der Waals surface area contributed by atoms with Crippen LogP contribution in [0.25, 0.3) is 0 Å². The Morgan fingerprint density at radius 2 is 2.33 bits per heavy atom. The number of benzene rings is 1. The van der Waals surface area contributed by atoms with Crippen LogP contribution in [0.1, 0.15) is 18.9 Å². The Balaban J connectivity index is 2.22. The lowest BCUT2D eigenvalue weighted by Crippen LogP contribution is -2.55. The van der Waals surface area contributed by atoms with Crippen LogP contribution in [0.4, 0.5) is 5.69 Å². The number of nitrogens with zero attached hydrogens (tertiary/aromatic N) is 2. The van der Waals surface area contributed by atoms with Crippen LogP contribution in [-0.2, 0) is 0 Å². The van der Waals surface area contributed by atoms with Gasteiger partial charge in [0.25, 0.3) is 0 Å². The minimum Gasteiger partial charge on any atom is -0.365 e. The number of hydrogen-bond acceptors (Lipinski definition) is 3. The van der Waals surface area contributed by atoms with Crippen LogP contribution >= 0.6 is 15.9 Å². The van der Waals surface area contributed by atoms with Crippen molar-refractivity contribution in [2.75, 3.05) is 18.0 Å². The van der Waals surface area contributed by atoms with Gasteiger partial charge < -0.3 is 10.2 Å². The molecule has 2 atom stereocenters. The number of halogens is 1. The van der Waals surface area contributed by atoms with Gasteiger partial charge in [-0.3, -0.25) is 0 Å². The van der Waals surface area contributed by atoms with E-state index in [0.29, 0.717) is 12.5 Å². The van der Waals surface area contributed by atoms with Crippen LogP contribution in [0.2, 0.25) is 0 Å².